The molecular weight excluding hydrogens is 256 g/mol. The molecule has 110 valence electrons. The standard InChI is InChI=1S/C15H22N2O3/c1-20-14-6-4-13(5-7-14)16-8-10-17(11-9-16)15(19)3-2-12-18/h4-7,18H,2-3,8-12H2,1H3. The Labute approximate surface area is 119 Å². The van der Waals surface area contributed by atoms with Gasteiger partial charge in [0.05, 0.1) is 7.11 Å². The summed E-state index contributed by atoms with van der Waals surface area (Å²) in [6, 6.07) is 7.99. The van der Waals surface area contributed by atoms with Crippen molar-refractivity contribution in [2.24, 2.45) is 0 Å². The molecule has 1 fully saturated rings. The lowest BCUT2D eigenvalue weighted by Gasteiger charge is -2.36. The second-order valence-corrected chi connectivity index (χ2v) is 4.89. The number of aliphatic hydroxyl groups is 1. The Morgan fingerprint density at radius 2 is 1.85 bits per heavy atom. The van der Waals surface area contributed by atoms with Crippen LogP contribution < -0.4 is 9.64 Å². The number of methoxy groups -OCH3 is 1. The van der Waals surface area contributed by atoms with Crippen molar-refractivity contribution in [2.45, 2.75) is 12.8 Å². The van der Waals surface area contributed by atoms with E-state index in [1.807, 2.05) is 29.2 Å². The number of amides is 1. The molecule has 1 amide bonds. The molecule has 1 aliphatic rings. The van der Waals surface area contributed by atoms with Crippen LogP contribution in [0.5, 0.6) is 5.75 Å². The van der Waals surface area contributed by atoms with Gasteiger partial charge in [-0.2, -0.15) is 0 Å². The molecule has 1 aromatic carbocycles. The average molecular weight is 278 g/mol. The summed E-state index contributed by atoms with van der Waals surface area (Å²) in [6.07, 6.45) is 0.997. The van der Waals surface area contributed by atoms with E-state index in [0.717, 1.165) is 37.6 Å². The molecule has 0 spiro atoms. The largest absolute Gasteiger partial charge is 0.497 e. The predicted molar refractivity (Wildman–Crippen MR) is 78.1 cm³/mol. The summed E-state index contributed by atoms with van der Waals surface area (Å²) in [6.45, 7) is 3.26. The SMILES string of the molecule is COc1ccc(N2CCN(C(=O)CCCO)CC2)cc1. The van der Waals surface area contributed by atoms with E-state index in [2.05, 4.69) is 4.90 Å². The first-order valence-corrected chi connectivity index (χ1v) is 7.02. The number of carbonyl (C=O) groups excluding carboxylic acids is 1. The molecule has 1 aliphatic heterocycles. The van der Waals surface area contributed by atoms with Crippen molar-refractivity contribution in [3.8, 4) is 5.75 Å². The second-order valence-electron chi connectivity index (χ2n) is 4.89. The van der Waals surface area contributed by atoms with E-state index in [1.165, 1.54) is 0 Å². The molecular formula is C15H22N2O3. The highest BCUT2D eigenvalue weighted by molar-refractivity contribution is 5.76. The summed E-state index contributed by atoms with van der Waals surface area (Å²) in [4.78, 5) is 16.0. The van der Waals surface area contributed by atoms with Crippen LogP contribution in [-0.4, -0.2) is 55.8 Å². The minimum atomic E-state index is 0.0809. The van der Waals surface area contributed by atoms with E-state index < -0.39 is 0 Å². The predicted octanol–water partition coefficient (Wildman–Crippen LogP) is 1.12. The molecule has 0 atom stereocenters. The van der Waals surface area contributed by atoms with Gasteiger partial charge < -0.3 is 19.6 Å². The quantitative estimate of drug-likeness (QED) is 0.877. The molecule has 5 heteroatoms. The average Bonchev–Trinajstić information content (AvgIpc) is 2.53. The van der Waals surface area contributed by atoms with Gasteiger partial charge in [-0.1, -0.05) is 0 Å². The Hall–Kier alpha value is -1.75. The maximum Gasteiger partial charge on any atom is 0.222 e. The van der Waals surface area contributed by atoms with Gasteiger partial charge in [0.25, 0.3) is 0 Å². The van der Waals surface area contributed by atoms with Gasteiger partial charge in [0.1, 0.15) is 5.75 Å². The van der Waals surface area contributed by atoms with Gasteiger partial charge >= 0.3 is 0 Å². The highest BCUT2D eigenvalue weighted by atomic mass is 16.5. The summed E-state index contributed by atoms with van der Waals surface area (Å²) in [5, 5.41) is 8.76. The molecule has 0 aromatic heterocycles. The first kappa shape index (κ1) is 14.7. The minimum Gasteiger partial charge on any atom is -0.497 e. The van der Waals surface area contributed by atoms with Crippen LogP contribution in [0.4, 0.5) is 5.69 Å². The van der Waals surface area contributed by atoms with E-state index in [0.29, 0.717) is 12.8 Å². The molecule has 2 rings (SSSR count). The molecule has 1 aromatic rings. The monoisotopic (exact) mass is 278 g/mol. The highest BCUT2D eigenvalue weighted by Gasteiger charge is 2.20. The fraction of sp³-hybridized carbons (Fsp3) is 0.533. The maximum atomic E-state index is 11.9. The number of nitrogens with zero attached hydrogens (tertiary/aromatic N) is 2. The van der Waals surface area contributed by atoms with E-state index in [9.17, 15) is 4.79 Å². The van der Waals surface area contributed by atoms with Gasteiger partial charge in [-0.25, -0.2) is 0 Å². The molecule has 0 aliphatic carbocycles. The maximum absolute atomic E-state index is 11.9. The van der Waals surface area contributed by atoms with Crippen LogP contribution in [0, 0.1) is 0 Å². The lowest BCUT2D eigenvalue weighted by atomic mass is 10.2. The van der Waals surface area contributed by atoms with Gasteiger partial charge in [0.15, 0.2) is 0 Å². The Bertz CT molecular complexity index is 425. The normalized spacial score (nSPS) is 15.3. The van der Waals surface area contributed by atoms with Crippen LogP contribution in [0.1, 0.15) is 12.8 Å². The third kappa shape index (κ3) is 3.63. The van der Waals surface area contributed by atoms with Crippen LogP contribution in [0.3, 0.4) is 0 Å². The van der Waals surface area contributed by atoms with Crippen molar-refractivity contribution in [1.29, 1.82) is 0 Å². The summed E-state index contributed by atoms with van der Waals surface area (Å²) in [5.41, 5.74) is 1.16. The zero-order valence-electron chi connectivity index (χ0n) is 11.9. The zero-order chi connectivity index (χ0) is 14.4. The molecule has 0 bridgehead atoms. The number of carbonyl (C=O) groups is 1. The topological polar surface area (TPSA) is 53.0 Å². The van der Waals surface area contributed by atoms with Gasteiger partial charge in [-0.3, -0.25) is 4.79 Å². The number of anilines is 1. The van der Waals surface area contributed by atoms with Gasteiger partial charge in [0, 0.05) is 44.9 Å². The van der Waals surface area contributed by atoms with Gasteiger partial charge in [0.2, 0.25) is 5.91 Å². The Morgan fingerprint density at radius 1 is 1.20 bits per heavy atom. The van der Waals surface area contributed by atoms with Crippen molar-refractivity contribution < 1.29 is 14.6 Å². The number of benzene rings is 1. The molecule has 1 saturated heterocycles. The molecule has 0 radical (unpaired) electrons. The molecule has 0 unspecified atom stereocenters. The van der Waals surface area contributed by atoms with E-state index in [1.54, 1.807) is 7.11 Å². The molecule has 0 saturated carbocycles. The fourth-order valence-corrected chi connectivity index (χ4v) is 2.40. The van der Waals surface area contributed by atoms with Crippen LogP contribution in [0.15, 0.2) is 24.3 Å². The number of rotatable bonds is 5. The Kier molecular flexibility index (Phi) is 5.24. The second kappa shape index (κ2) is 7.14. The van der Waals surface area contributed by atoms with Crippen LogP contribution >= 0.6 is 0 Å². The van der Waals surface area contributed by atoms with Crippen molar-refractivity contribution in [3.05, 3.63) is 24.3 Å². The number of ether oxygens (including phenoxy) is 1. The van der Waals surface area contributed by atoms with Crippen molar-refractivity contribution in [2.75, 3.05) is 44.8 Å². The minimum absolute atomic E-state index is 0.0809. The molecule has 20 heavy (non-hydrogen) atoms. The summed E-state index contributed by atoms with van der Waals surface area (Å²) >= 11 is 0. The first-order chi connectivity index (χ1) is 9.74. The lowest BCUT2D eigenvalue weighted by molar-refractivity contribution is -0.131. The third-order valence-corrected chi connectivity index (χ3v) is 3.62. The van der Waals surface area contributed by atoms with Crippen LogP contribution in [0.2, 0.25) is 0 Å². The number of hydrogen-bond acceptors (Lipinski definition) is 4. The van der Waals surface area contributed by atoms with E-state index in [4.69, 9.17) is 9.84 Å². The van der Waals surface area contributed by atoms with Crippen molar-refractivity contribution in [3.63, 3.8) is 0 Å². The molecule has 1 N–H and O–H groups in total. The van der Waals surface area contributed by atoms with E-state index >= 15 is 0 Å². The Morgan fingerprint density at radius 3 is 2.40 bits per heavy atom. The summed E-state index contributed by atoms with van der Waals surface area (Å²) in [7, 11) is 1.66. The van der Waals surface area contributed by atoms with Crippen molar-refractivity contribution in [1.82, 2.24) is 4.90 Å². The van der Waals surface area contributed by atoms with Gasteiger partial charge in [-0.05, 0) is 30.7 Å². The smallest absolute Gasteiger partial charge is 0.222 e. The fourth-order valence-electron chi connectivity index (χ4n) is 2.40. The Balaban J connectivity index is 1.85. The highest BCUT2D eigenvalue weighted by Crippen LogP contribution is 2.20. The zero-order valence-corrected chi connectivity index (χ0v) is 11.9. The molecule has 5 nitrogen and oxygen atoms in total. The van der Waals surface area contributed by atoms with Crippen LogP contribution in [-0.2, 0) is 4.79 Å². The number of piperazine rings is 1. The summed E-state index contributed by atoms with van der Waals surface area (Å²) < 4.78 is 5.15. The lowest BCUT2D eigenvalue weighted by Crippen LogP contribution is -2.48. The number of hydrogen-bond donors (Lipinski definition) is 1. The van der Waals surface area contributed by atoms with E-state index in [-0.39, 0.29) is 12.5 Å². The van der Waals surface area contributed by atoms with Crippen LogP contribution in [0.25, 0.3) is 0 Å². The third-order valence-electron chi connectivity index (χ3n) is 3.62. The number of aliphatic hydroxyl groups excluding tert-OH is 1. The van der Waals surface area contributed by atoms with Crippen molar-refractivity contribution >= 4 is 11.6 Å². The van der Waals surface area contributed by atoms with Gasteiger partial charge in [-0.15, -0.1) is 0 Å². The summed E-state index contributed by atoms with van der Waals surface area (Å²) in [5.74, 6) is 1.000. The first-order valence-electron chi connectivity index (χ1n) is 7.02. The molecule has 1 heterocycles.